The first-order valence-corrected chi connectivity index (χ1v) is 7.90. The number of morpholine rings is 1. The molecule has 1 N–H and O–H groups in total. The summed E-state index contributed by atoms with van der Waals surface area (Å²) in [7, 11) is 0. The number of carbonyl (C=O) groups is 1. The van der Waals surface area contributed by atoms with Gasteiger partial charge in [0.1, 0.15) is 11.9 Å². The van der Waals surface area contributed by atoms with Crippen LogP contribution in [0.5, 0.6) is 0 Å². The quantitative estimate of drug-likeness (QED) is 0.897. The Morgan fingerprint density at radius 1 is 1.57 bits per heavy atom. The molecule has 0 saturated carbocycles. The summed E-state index contributed by atoms with van der Waals surface area (Å²) in [6, 6.07) is 4.39. The van der Waals surface area contributed by atoms with Gasteiger partial charge < -0.3 is 15.0 Å². The molecule has 21 heavy (non-hydrogen) atoms. The normalized spacial score (nSPS) is 22.1. The number of hydrogen-bond donors (Lipinski definition) is 1. The van der Waals surface area contributed by atoms with E-state index in [0.29, 0.717) is 25.3 Å². The lowest BCUT2D eigenvalue weighted by Crippen LogP contribution is -2.56. The first-order chi connectivity index (χ1) is 10.0. The molecule has 0 aliphatic carbocycles. The molecular weight excluding hydrogens is 339 g/mol. The van der Waals surface area contributed by atoms with Crippen molar-refractivity contribution >= 4 is 21.8 Å². The maximum absolute atomic E-state index is 13.8. The summed E-state index contributed by atoms with van der Waals surface area (Å²) in [5.41, 5.74) is 0.504. The maximum Gasteiger partial charge on any atom is 0.242 e. The van der Waals surface area contributed by atoms with Gasteiger partial charge in [-0.15, -0.1) is 0 Å². The van der Waals surface area contributed by atoms with E-state index in [4.69, 9.17) is 4.74 Å². The Balaban J connectivity index is 2.11. The summed E-state index contributed by atoms with van der Waals surface area (Å²) in [5.74, 6) is -0.352. The van der Waals surface area contributed by atoms with Crippen molar-refractivity contribution in [2.45, 2.75) is 32.5 Å². The van der Waals surface area contributed by atoms with Gasteiger partial charge in [0.05, 0.1) is 12.7 Å². The summed E-state index contributed by atoms with van der Waals surface area (Å²) in [5, 5.41) is 3.18. The molecule has 116 valence electrons. The molecule has 1 aliphatic heterocycles. The molecule has 0 radical (unpaired) electrons. The number of nitrogens with one attached hydrogen (secondary N) is 1. The molecule has 6 heteroatoms. The molecule has 1 saturated heterocycles. The van der Waals surface area contributed by atoms with Crippen LogP contribution in [0.3, 0.4) is 0 Å². The summed E-state index contributed by atoms with van der Waals surface area (Å²) < 4.78 is 20.2. The molecule has 0 unspecified atom stereocenters. The number of likely N-dealkylation sites (N-methyl/N-ethyl adjacent to an activating group) is 1. The van der Waals surface area contributed by atoms with Gasteiger partial charge in [-0.1, -0.05) is 15.9 Å². The summed E-state index contributed by atoms with van der Waals surface area (Å²) in [6.07, 6.45) is -0.173. The topological polar surface area (TPSA) is 41.6 Å². The SMILES string of the molecule is CCN(Cc1cc(Br)ccc1F)C(=O)[C@H]1NCCO[C@@H]1C. The lowest BCUT2D eigenvalue weighted by atomic mass is 10.1. The Morgan fingerprint density at radius 3 is 3.00 bits per heavy atom. The Hall–Kier alpha value is -0.980. The molecule has 2 atom stereocenters. The number of ether oxygens (including phenoxy) is 1. The summed E-state index contributed by atoms with van der Waals surface area (Å²) in [6.45, 7) is 5.81. The van der Waals surface area contributed by atoms with Crippen LogP contribution in [0.1, 0.15) is 19.4 Å². The molecule has 1 heterocycles. The third-order valence-corrected chi connectivity index (χ3v) is 4.14. The second-order valence-corrected chi connectivity index (χ2v) is 6.01. The minimum absolute atomic E-state index is 0.0518. The average Bonchev–Trinajstić information content (AvgIpc) is 2.48. The van der Waals surface area contributed by atoms with Crippen LogP contribution in [0.15, 0.2) is 22.7 Å². The second-order valence-electron chi connectivity index (χ2n) is 5.10. The molecule has 0 aromatic heterocycles. The third kappa shape index (κ3) is 4.02. The highest BCUT2D eigenvalue weighted by atomic mass is 79.9. The van der Waals surface area contributed by atoms with Crippen LogP contribution in [-0.2, 0) is 16.1 Å². The van der Waals surface area contributed by atoms with Crippen molar-refractivity contribution in [2.75, 3.05) is 19.7 Å². The second kappa shape index (κ2) is 7.33. The van der Waals surface area contributed by atoms with Crippen molar-refractivity contribution in [1.29, 1.82) is 0 Å². The molecule has 1 fully saturated rings. The standard InChI is InChI=1S/C15H20BrFN2O2/c1-3-19(9-11-8-12(16)4-5-13(11)17)15(20)14-10(2)21-7-6-18-14/h4-5,8,10,14,18H,3,6-7,9H2,1-2H3/t10-,14+/m1/s1. The average molecular weight is 359 g/mol. The van der Waals surface area contributed by atoms with Gasteiger partial charge in [-0.25, -0.2) is 4.39 Å². The van der Waals surface area contributed by atoms with Gasteiger partial charge in [-0.2, -0.15) is 0 Å². The van der Waals surface area contributed by atoms with Crippen LogP contribution in [0, 0.1) is 5.82 Å². The van der Waals surface area contributed by atoms with Gasteiger partial charge in [0.2, 0.25) is 5.91 Å². The van der Waals surface area contributed by atoms with Crippen molar-refractivity contribution in [3.05, 3.63) is 34.1 Å². The van der Waals surface area contributed by atoms with E-state index in [1.54, 1.807) is 17.0 Å². The van der Waals surface area contributed by atoms with Crippen LogP contribution in [0.2, 0.25) is 0 Å². The largest absolute Gasteiger partial charge is 0.375 e. The van der Waals surface area contributed by atoms with Crippen LogP contribution >= 0.6 is 15.9 Å². The molecule has 0 bridgehead atoms. The van der Waals surface area contributed by atoms with Crippen LogP contribution in [0.4, 0.5) is 4.39 Å². The molecule has 0 spiro atoms. The van der Waals surface area contributed by atoms with Gasteiger partial charge >= 0.3 is 0 Å². The molecule has 4 nitrogen and oxygen atoms in total. The number of hydrogen-bond acceptors (Lipinski definition) is 3. The number of nitrogens with zero attached hydrogens (tertiary/aromatic N) is 1. The van der Waals surface area contributed by atoms with Crippen molar-refractivity contribution in [3.8, 4) is 0 Å². The minimum atomic E-state index is -0.367. The molecule has 1 aromatic rings. The highest BCUT2D eigenvalue weighted by molar-refractivity contribution is 9.10. The Morgan fingerprint density at radius 2 is 2.33 bits per heavy atom. The smallest absolute Gasteiger partial charge is 0.242 e. The fourth-order valence-corrected chi connectivity index (χ4v) is 2.83. The van der Waals surface area contributed by atoms with E-state index in [2.05, 4.69) is 21.2 Å². The van der Waals surface area contributed by atoms with E-state index in [0.717, 1.165) is 4.47 Å². The number of halogens is 2. The van der Waals surface area contributed by atoms with E-state index in [9.17, 15) is 9.18 Å². The van der Waals surface area contributed by atoms with Gasteiger partial charge in [-0.05, 0) is 32.0 Å². The first kappa shape index (κ1) is 16.4. The number of carbonyl (C=O) groups excluding carboxylic acids is 1. The predicted octanol–water partition coefficient (Wildman–Crippen LogP) is 2.31. The lowest BCUT2D eigenvalue weighted by molar-refractivity contribution is -0.139. The number of benzene rings is 1. The summed E-state index contributed by atoms with van der Waals surface area (Å²) >= 11 is 3.33. The van der Waals surface area contributed by atoms with Crippen LogP contribution < -0.4 is 5.32 Å². The van der Waals surface area contributed by atoms with E-state index in [1.807, 2.05) is 13.8 Å². The van der Waals surface area contributed by atoms with E-state index in [1.165, 1.54) is 6.07 Å². The number of rotatable bonds is 4. The number of amides is 1. The van der Waals surface area contributed by atoms with Gasteiger partial charge in [0.15, 0.2) is 0 Å². The molecular formula is C15H20BrFN2O2. The van der Waals surface area contributed by atoms with Crippen molar-refractivity contribution in [1.82, 2.24) is 10.2 Å². The van der Waals surface area contributed by atoms with Crippen molar-refractivity contribution in [3.63, 3.8) is 0 Å². The molecule has 1 aliphatic rings. The third-order valence-electron chi connectivity index (χ3n) is 3.64. The first-order valence-electron chi connectivity index (χ1n) is 7.10. The highest BCUT2D eigenvalue weighted by Gasteiger charge is 2.31. The van der Waals surface area contributed by atoms with Crippen LogP contribution in [0.25, 0.3) is 0 Å². The molecule has 1 amide bonds. The highest BCUT2D eigenvalue weighted by Crippen LogP contribution is 2.18. The Bertz CT molecular complexity index is 512. The van der Waals surface area contributed by atoms with Gasteiger partial charge in [0, 0.05) is 29.7 Å². The van der Waals surface area contributed by atoms with Crippen molar-refractivity contribution < 1.29 is 13.9 Å². The van der Waals surface area contributed by atoms with E-state index >= 15 is 0 Å². The summed E-state index contributed by atoms with van der Waals surface area (Å²) in [4.78, 5) is 14.2. The zero-order valence-electron chi connectivity index (χ0n) is 12.2. The molecule has 1 aromatic carbocycles. The maximum atomic E-state index is 13.8. The predicted molar refractivity (Wildman–Crippen MR) is 82.4 cm³/mol. The van der Waals surface area contributed by atoms with Crippen molar-refractivity contribution in [2.24, 2.45) is 0 Å². The zero-order chi connectivity index (χ0) is 15.4. The monoisotopic (exact) mass is 358 g/mol. The van der Waals surface area contributed by atoms with E-state index in [-0.39, 0.29) is 30.4 Å². The molecule has 2 rings (SSSR count). The Kier molecular flexibility index (Phi) is 5.72. The van der Waals surface area contributed by atoms with E-state index < -0.39 is 0 Å². The van der Waals surface area contributed by atoms with Gasteiger partial charge in [-0.3, -0.25) is 4.79 Å². The minimum Gasteiger partial charge on any atom is -0.375 e. The zero-order valence-corrected chi connectivity index (χ0v) is 13.8. The Labute approximate surface area is 132 Å². The van der Waals surface area contributed by atoms with Crippen LogP contribution in [-0.4, -0.2) is 42.6 Å². The fraction of sp³-hybridized carbons (Fsp3) is 0.533. The van der Waals surface area contributed by atoms with Gasteiger partial charge in [0.25, 0.3) is 0 Å². The fourth-order valence-electron chi connectivity index (χ4n) is 2.42. The lowest BCUT2D eigenvalue weighted by Gasteiger charge is -2.33.